The molecule has 0 spiro atoms. The molecule has 1 N–H and O–H groups in total. The van der Waals surface area contributed by atoms with Crippen LogP contribution in [0.15, 0.2) is 84.9 Å². The Balaban J connectivity index is 1.33. The van der Waals surface area contributed by atoms with Crippen LogP contribution in [-0.2, 0) is 30.5 Å². The van der Waals surface area contributed by atoms with Crippen LogP contribution >= 0.6 is 0 Å². The van der Waals surface area contributed by atoms with Crippen LogP contribution in [0.5, 0.6) is 0 Å². The van der Waals surface area contributed by atoms with Crippen LogP contribution in [0, 0.1) is 0 Å². The largest absolute Gasteiger partial charge is 0.416 e. The summed E-state index contributed by atoms with van der Waals surface area (Å²) >= 11 is 0. The zero-order valence-electron chi connectivity index (χ0n) is 23.2. The third-order valence-corrected chi connectivity index (χ3v) is 7.61. The van der Waals surface area contributed by atoms with E-state index in [0.717, 1.165) is 46.5 Å². The number of alkyl halides is 3. The molecule has 4 aromatic carbocycles. The number of nitrogens with one attached hydrogen (secondary N) is 1. The molecule has 6 aromatic rings. The molecule has 214 valence electrons. The van der Waals surface area contributed by atoms with Crippen molar-refractivity contribution in [1.82, 2.24) is 19.4 Å². The van der Waals surface area contributed by atoms with Gasteiger partial charge in [0.1, 0.15) is 5.82 Å². The smallest absolute Gasteiger partial charge is 0.383 e. The van der Waals surface area contributed by atoms with Gasteiger partial charge in [-0.15, -0.1) is 0 Å². The Labute approximate surface area is 240 Å². The lowest BCUT2D eigenvalue weighted by molar-refractivity contribution is -0.137. The number of ether oxygens (including phenoxy) is 1. The monoisotopic (exact) mass is 570 g/mol. The summed E-state index contributed by atoms with van der Waals surface area (Å²) in [4.78, 5) is 17.9. The first-order valence-corrected chi connectivity index (χ1v) is 13.7. The normalized spacial score (nSPS) is 12.0. The lowest BCUT2D eigenvalue weighted by atomic mass is 10.1. The van der Waals surface area contributed by atoms with Crippen LogP contribution < -0.4 is 5.32 Å². The molecule has 0 saturated heterocycles. The molecule has 0 aliphatic carbocycles. The second kappa shape index (κ2) is 11.0. The van der Waals surface area contributed by atoms with Gasteiger partial charge >= 0.3 is 6.18 Å². The summed E-state index contributed by atoms with van der Waals surface area (Å²) in [5, 5.41) is 5.13. The van der Waals surface area contributed by atoms with Crippen molar-refractivity contribution < 1.29 is 22.7 Å². The average Bonchev–Trinajstić information content (AvgIpc) is 3.52. The molecule has 0 unspecified atom stereocenters. The number of halogens is 3. The predicted octanol–water partition coefficient (Wildman–Crippen LogP) is 7.43. The molecule has 6 rings (SSSR count). The summed E-state index contributed by atoms with van der Waals surface area (Å²) in [7, 11) is 1.66. The van der Waals surface area contributed by atoms with Crippen molar-refractivity contribution in [2.45, 2.75) is 32.7 Å². The molecule has 0 aliphatic heterocycles. The molecule has 2 aromatic heterocycles. The summed E-state index contributed by atoms with van der Waals surface area (Å²) in [5.74, 6) is 0.443. The molecule has 0 saturated carbocycles. The van der Waals surface area contributed by atoms with Crippen molar-refractivity contribution in [1.29, 1.82) is 0 Å². The van der Waals surface area contributed by atoms with Gasteiger partial charge in [0.25, 0.3) is 5.91 Å². The van der Waals surface area contributed by atoms with Gasteiger partial charge in [-0.2, -0.15) is 13.2 Å². The molecule has 9 heteroatoms. The molecule has 6 nitrogen and oxygen atoms in total. The van der Waals surface area contributed by atoms with Crippen LogP contribution in [-0.4, -0.2) is 33.7 Å². The summed E-state index contributed by atoms with van der Waals surface area (Å²) in [6.07, 6.45) is -4.40. The number of methoxy groups -OCH3 is 1. The second-order valence-corrected chi connectivity index (χ2v) is 10.2. The number of nitrogens with zero attached hydrogens (tertiary/aromatic N) is 3. The number of imidazole rings is 1. The van der Waals surface area contributed by atoms with E-state index in [1.54, 1.807) is 19.2 Å². The number of carbonyl (C=O) groups is 1. The van der Waals surface area contributed by atoms with Gasteiger partial charge in [0.05, 0.1) is 23.2 Å². The third kappa shape index (κ3) is 5.00. The Morgan fingerprint density at radius 2 is 1.62 bits per heavy atom. The van der Waals surface area contributed by atoms with Gasteiger partial charge in [-0.25, -0.2) is 4.98 Å². The minimum atomic E-state index is -4.40. The first-order valence-electron chi connectivity index (χ1n) is 13.7. The molecule has 0 bridgehead atoms. The number of hydrogen-bond donors (Lipinski definition) is 1. The quantitative estimate of drug-likeness (QED) is 0.207. The highest BCUT2D eigenvalue weighted by molar-refractivity contribution is 6.09. The molecule has 0 radical (unpaired) electrons. The average molecular weight is 571 g/mol. The van der Waals surface area contributed by atoms with E-state index in [-0.39, 0.29) is 12.5 Å². The van der Waals surface area contributed by atoms with E-state index in [1.165, 1.54) is 23.0 Å². The fraction of sp³-hybridized carbons (Fsp3) is 0.212. The molecule has 0 fully saturated rings. The van der Waals surface area contributed by atoms with E-state index in [1.807, 2.05) is 12.1 Å². The zero-order chi connectivity index (χ0) is 29.4. The Hall–Kier alpha value is -4.63. The first kappa shape index (κ1) is 27.5. The molecule has 0 atom stereocenters. The maximum atomic E-state index is 13.0. The van der Waals surface area contributed by atoms with E-state index in [2.05, 4.69) is 57.8 Å². The van der Waals surface area contributed by atoms with Crippen molar-refractivity contribution in [2.24, 2.45) is 0 Å². The molecular weight excluding hydrogens is 541 g/mol. The highest BCUT2D eigenvalue weighted by Gasteiger charge is 2.30. The van der Waals surface area contributed by atoms with Crippen molar-refractivity contribution in [2.75, 3.05) is 13.7 Å². The topological polar surface area (TPSA) is 61.1 Å². The number of aryl methyl sites for hydroxylation is 1. The summed E-state index contributed by atoms with van der Waals surface area (Å²) in [6, 6.07) is 24.9. The van der Waals surface area contributed by atoms with E-state index < -0.39 is 11.7 Å². The molecular formula is C33H29F3N4O2. The molecule has 2 heterocycles. The number of fused-ring (bicyclic) bond motifs is 4. The van der Waals surface area contributed by atoms with Crippen molar-refractivity contribution in [3.8, 4) is 11.4 Å². The minimum absolute atomic E-state index is 0.105. The lowest BCUT2D eigenvalue weighted by Crippen LogP contribution is -2.22. The molecule has 1 amide bonds. The van der Waals surface area contributed by atoms with Gasteiger partial charge in [0.2, 0.25) is 0 Å². The number of rotatable bonds is 8. The maximum absolute atomic E-state index is 13.0. The van der Waals surface area contributed by atoms with Gasteiger partial charge in [0.15, 0.2) is 0 Å². The highest BCUT2D eigenvalue weighted by Crippen LogP contribution is 2.34. The van der Waals surface area contributed by atoms with E-state index in [4.69, 9.17) is 9.72 Å². The minimum Gasteiger partial charge on any atom is -0.383 e. The van der Waals surface area contributed by atoms with Gasteiger partial charge in [-0.1, -0.05) is 30.3 Å². The van der Waals surface area contributed by atoms with Crippen molar-refractivity contribution >= 4 is 38.7 Å². The summed E-state index contributed by atoms with van der Waals surface area (Å²) in [6.45, 7) is 4.18. The predicted molar refractivity (Wildman–Crippen MR) is 158 cm³/mol. The first-order chi connectivity index (χ1) is 20.3. The number of aromatic nitrogens is 3. The van der Waals surface area contributed by atoms with Gasteiger partial charge in [0, 0.05) is 59.7 Å². The lowest BCUT2D eigenvalue weighted by Gasteiger charge is -2.10. The SMILES string of the molecule is CCn1c2ccccc2c2cc(-c3nc4cc(C(=O)NCc5ccc(C(F)(F)F)cc5)ccc4n3CCOC)ccc21. The Morgan fingerprint density at radius 3 is 2.36 bits per heavy atom. The van der Waals surface area contributed by atoms with Crippen LogP contribution in [0.1, 0.15) is 28.4 Å². The number of benzene rings is 4. The summed E-state index contributed by atoms with van der Waals surface area (Å²) < 4.78 is 48.3. The van der Waals surface area contributed by atoms with Crippen LogP contribution in [0.3, 0.4) is 0 Å². The Morgan fingerprint density at radius 1 is 0.881 bits per heavy atom. The number of carbonyl (C=O) groups excluding carboxylic acids is 1. The van der Waals surface area contributed by atoms with E-state index >= 15 is 0 Å². The fourth-order valence-electron chi connectivity index (χ4n) is 5.53. The van der Waals surface area contributed by atoms with Gasteiger partial charge in [-0.05, 0) is 67.1 Å². The Bertz CT molecular complexity index is 1920. The maximum Gasteiger partial charge on any atom is 0.416 e. The highest BCUT2D eigenvalue weighted by atomic mass is 19.4. The number of para-hydroxylation sites is 1. The number of amides is 1. The van der Waals surface area contributed by atoms with Crippen LogP contribution in [0.2, 0.25) is 0 Å². The summed E-state index contributed by atoms with van der Waals surface area (Å²) in [5.41, 5.74) is 5.11. The third-order valence-electron chi connectivity index (χ3n) is 7.61. The molecule has 0 aliphatic rings. The van der Waals surface area contributed by atoms with E-state index in [9.17, 15) is 18.0 Å². The van der Waals surface area contributed by atoms with Crippen molar-refractivity contribution in [3.63, 3.8) is 0 Å². The fourth-order valence-corrected chi connectivity index (χ4v) is 5.53. The van der Waals surface area contributed by atoms with Gasteiger partial charge < -0.3 is 19.2 Å². The van der Waals surface area contributed by atoms with E-state index in [0.29, 0.717) is 29.8 Å². The van der Waals surface area contributed by atoms with Crippen LogP contribution in [0.25, 0.3) is 44.2 Å². The number of hydrogen-bond acceptors (Lipinski definition) is 3. The van der Waals surface area contributed by atoms with Crippen LogP contribution in [0.4, 0.5) is 13.2 Å². The standard InChI is InChI=1S/C33H29F3N4O2/c1-3-39-28-7-5-4-6-25(28)26-18-22(10-14-29(26)39)31-38-27-19-23(11-15-30(27)40(31)16-17-42-2)32(41)37-20-21-8-12-24(13-9-21)33(34,35)36/h4-15,18-19H,3,16-17,20H2,1-2H3,(H,37,41). The second-order valence-electron chi connectivity index (χ2n) is 10.2. The van der Waals surface area contributed by atoms with Crippen molar-refractivity contribution in [3.05, 3.63) is 102 Å². The molecule has 42 heavy (non-hydrogen) atoms. The zero-order valence-corrected chi connectivity index (χ0v) is 23.2. The van der Waals surface area contributed by atoms with Gasteiger partial charge in [-0.3, -0.25) is 4.79 Å². The Kier molecular flexibility index (Phi) is 7.20.